The molecule has 0 saturated heterocycles. The van der Waals surface area contributed by atoms with Gasteiger partial charge in [0.15, 0.2) is 5.96 Å². The number of amides is 2. The lowest BCUT2D eigenvalue weighted by Crippen LogP contribution is -2.41. The summed E-state index contributed by atoms with van der Waals surface area (Å²) in [5.41, 5.74) is 2.88. The number of rotatable bonds is 1. The Balaban J connectivity index is 2.75. The largest absolute Gasteiger partial charge is 0.359 e. The maximum absolute atomic E-state index is 11.7. The Labute approximate surface area is 101 Å². The van der Waals surface area contributed by atoms with Gasteiger partial charge in [0.05, 0.1) is 0 Å². The minimum absolute atomic E-state index is 0.308. The molecule has 0 unspecified atom stereocenters. The van der Waals surface area contributed by atoms with Crippen LogP contribution in [0.4, 0.5) is 10.5 Å². The molecule has 0 spiro atoms. The molecule has 1 aromatic rings. The van der Waals surface area contributed by atoms with Gasteiger partial charge in [0, 0.05) is 19.8 Å². The van der Waals surface area contributed by atoms with Crippen molar-refractivity contribution in [1.29, 1.82) is 0 Å². The molecule has 2 amide bonds. The first-order valence-corrected chi connectivity index (χ1v) is 5.37. The second kappa shape index (κ2) is 5.89. The van der Waals surface area contributed by atoms with Crippen LogP contribution in [-0.2, 0) is 0 Å². The fourth-order valence-corrected chi connectivity index (χ4v) is 1.49. The molecule has 1 aromatic carbocycles. The number of hydrogen-bond donors (Lipinski definition) is 3. The van der Waals surface area contributed by atoms with Gasteiger partial charge in [0.2, 0.25) is 0 Å². The predicted molar refractivity (Wildman–Crippen MR) is 70.5 cm³/mol. The summed E-state index contributed by atoms with van der Waals surface area (Å²) in [6, 6.07) is 5.56. The third-order valence-corrected chi connectivity index (χ3v) is 2.41. The van der Waals surface area contributed by atoms with E-state index in [1.807, 2.05) is 32.0 Å². The van der Waals surface area contributed by atoms with Gasteiger partial charge in [-0.3, -0.25) is 10.3 Å². The average molecular weight is 234 g/mol. The Morgan fingerprint density at radius 1 is 1.24 bits per heavy atom. The Morgan fingerprint density at radius 2 is 1.82 bits per heavy atom. The molecule has 0 aliphatic carbocycles. The number of anilines is 1. The van der Waals surface area contributed by atoms with E-state index in [-0.39, 0.29) is 6.03 Å². The van der Waals surface area contributed by atoms with E-state index in [0.29, 0.717) is 5.96 Å². The molecule has 0 fully saturated rings. The van der Waals surface area contributed by atoms with Crippen LogP contribution in [0.1, 0.15) is 11.1 Å². The van der Waals surface area contributed by atoms with E-state index in [2.05, 4.69) is 20.9 Å². The van der Waals surface area contributed by atoms with E-state index in [4.69, 9.17) is 0 Å². The lowest BCUT2D eigenvalue weighted by Gasteiger charge is -2.12. The van der Waals surface area contributed by atoms with Gasteiger partial charge in [-0.15, -0.1) is 0 Å². The highest BCUT2D eigenvalue weighted by Crippen LogP contribution is 2.18. The van der Waals surface area contributed by atoms with Crippen molar-refractivity contribution in [2.75, 3.05) is 19.4 Å². The second-order valence-corrected chi connectivity index (χ2v) is 3.67. The molecular formula is C12H18N4O. The summed E-state index contributed by atoms with van der Waals surface area (Å²) in [6.07, 6.45) is 0. The van der Waals surface area contributed by atoms with Crippen molar-refractivity contribution in [1.82, 2.24) is 10.6 Å². The van der Waals surface area contributed by atoms with E-state index >= 15 is 0 Å². The molecule has 5 nitrogen and oxygen atoms in total. The van der Waals surface area contributed by atoms with Gasteiger partial charge in [0.25, 0.3) is 0 Å². The summed E-state index contributed by atoms with van der Waals surface area (Å²) in [7, 11) is 3.30. The molecule has 0 atom stereocenters. The van der Waals surface area contributed by atoms with E-state index in [0.717, 1.165) is 16.8 Å². The van der Waals surface area contributed by atoms with Gasteiger partial charge in [-0.1, -0.05) is 18.2 Å². The minimum Gasteiger partial charge on any atom is -0.359 e. The Bertz CT molecular complexity index is 420. The van der Waals surface area contributed by atoms with Gasteiger partial charge in [-0.2, -0.15) is 0 Å². The van der Waals surface area contributed by atoms with Gasteiger partial charge >= 0.3 is 6.03 Å². The number of urea groups is 1. The number of carbonyl (C=O) groups is 1. The molecule has 3 N–H and O–H groups in total. The molecule has 0 aliphatic heterocycles. The fourth-order valence-electron chi connectivity index (χ4n) is 1.49. The van der Waals surface area contributed by atoms with Crippen molar-refractivity contribution in [3.05, 3.63) is 29.3 Å². The third-order valence-electron chi connectivity index (χ3n) is 2.41. The molecule has 0 saturated carbocycles. The number of guanidine groups is 1. The number of para-hydroxylation sites is 1. The predicted octanol–water partition coefficient (Wildman–Crippen LogP) is 1.63. The monoisotopic (exact) mass is 234 g/mol. The minimum atomic E-state index is -0.308. The fraction of sp³-hybridized carbons (Fsp3) is 0.333. The first-order valence-electron chi connectivity index (χ1n) is 5.37. The number of nitrogens with one attached hydrogen (secondary N) is 3. The van der Waals surface area contributed by atoms with Crippen molar-refractivity contribution < 1.29 is 4.79 Å². The van der Waals surface area contributed by atoms with Gasteiger partial charge in [-0.05, 0) is 25.0 Å². The molecule has 0 heterocycles. The van der Waals surface area contributed by atoms with Crippen LogP contribution in [0.25, 0.3) is 0 Å². The zero-order valence-corrected chi connectivity index (χ0v) is 10.6. The van der Waals surface area contributed by atoms with Gasteiger partial charge < -0.3 is 10.6 Å². The van der Waals surface area contributed by atoms with E-state index in [9.17, 15) is 4.79 Å². The van der Waals surface area contributed by atoms with Gasteiger partial charge in [-0.25, -0.2) is 4.79 Å². The second-order valence-electron chi connectivity index (χ2n) is 3.67. The SMILES string of the molecule is C/N=C(\NC)NC(=O)Nc1c(C)cccc1C. The van der Waals surface area contributed by atoms with Crippen LogP contribution in [0.5, 0.6) is 0 Å². The van der Waals surface area contributed by atoms with Crippen molar-refractivity contribution in [2.24, 2.45) is 4.99 Å². The molecule has 1 rings (SSSR count). The lowest BCUT2D eigenvalue weighted by atomic mass is 10.1. The zero-order chi connectivity index (χ0) is 12.8. The summed E-state index contributed by atoms with van der Waals surface area (Å²) in [6.45, 7) is 3.91. The molecule has 0 aromatic heterocycles. The number of carbonyl (C=O) groups excluding carboxylic acids is 1. The summed E-state index contributed by atoms with van der Waals surface area (Å²) in [5.74, 6) is 0.425. The maximum Gasteiger partial charge on any atom is 0.326 e. The van der Waals surface area contributed by atoms with E-state index in [1.165, 1.54) is 0 Å². The van der Waals surface area contributed by atoms with Crippen LogP contribution in [0.15, 0.2) is 23.2 Å². The topological polar surface area (TPSA) is 65.5 Å². The number of aryl methyl sites for hydroxylation is 2. The smallest absolute Gasteiger partial charge is 0.326 e. The first-order chi connectivity index (χ1) is 8.08. The standard InChI is InChI=1S/C12H18N4O/c1-8-6-5-7-9(2)10(8)15-12(17)16-11(13-3)14-4/h5-7H,1-4H3,(H3,13,14,15,16,17). The summed E-state index contributed by atoms with van der Waals surface area (Å²) in [5, 5.41) is 8.19. The molecule has 0 aliphatic rings. The number of benzene rings is 1. The third kappa shape index (κ3) is 3.48. The van der Waals surface area contributed by atoms with Crippen LogP contribution in [-0.4, -0.2) is 26.1 Å². The highest BCUT2D eigenvalue weighted by Gasteiger charge is 2.07. The van der Waals surface area contributed by atoms with Crippen molar-refractivity contribution in [3.63, 3.8) is 0 Å². The quantitative estimate of drug-likeness (QED) is 0.511. The Morgan fingerprint density at radius 3 is 2.29 bits per heavy atom. The number of nitrogens with zero attached hydrogens (tertiary/aromatic N) is 1. The maximum atomic E-state index is 11.7. The highest BCUT2D eigenvalue weighted by atomic mass is 16.2. The van der Waals surface area contributed by atoms with Crippen LogP contribution >= 0.6 is 0 Å². The van der Waals surface area contributed by atoms with Crippen LogP contribution in [0.2, 0.25) is 0 Å². The lowest BCUT2D eigenvalue weighted by molar-refractivity contribution is 0.256. The molecule has 0 radical (unpaired) electrons. The highest BCUT2D eigenvalue weighted by molar-refractivity contribution is 6.02. The van der Waals surface area contributed by atoms with E-state index < -0.39 is 0 Å². The summed E-state index contributed by atoms with van der Waals surface area (Å²) < 4.78 is 0. The molecule has 5 heteroatoms. The van der Waals surface area contributed by atoms with E-state index in [1.54, 1.807) is 14.1 Å². The molecule has 0 bridgehead atoms. The van der Waals surface area contributed by atoms with Crippen LogP contribution < -0.4 is 16.0 Å². The summed E-state index contributed by atoms with van der Waals surface area (Å²) >= 11 is 0. The molecule has 92 valence electrons. The normalized spacial score (nSPS) is 10.9. The van der Waals surface area contributed by atoms with Crippen molar-refractivity contribution in [2.45, 2.75) is 13.8 Å². The Hall–Kier alpha value is -2.04. The van der Waals surface area contributed by atoms with Crippen LogP contribution in [0.3, 0.4) is 0 Å². The van der Waals surface area contributed by atoms with Gasteiger partial charge in [0.1, 0.15) is 0 Å². The molecule has 17 heavy (non-hydrogen) atoms. The number of aliphatic imine (C=N–C) groups is 1. The zero-order valence-electron chi connectivity index (χ0n) is 10.6. The van der Waals surface area contributed by atoms with Crippen molar-refractivity contribution >= 4 is 17.7 Å². The van der Waals surface area contributed by atoms with Crippen molar-refractivity contribution in [3.8, 4) is 0 Å². The van der Waals surface area contributed by atoms with Crippen LogP contribution in [0, 0.1) is 13.8 Å². The first kappa shape index (κ1) is 13.0. The summed E-state index contributed by atoms with van der Waals surface area (Å²) in [4.78, 5) is 15.6. The molecular weight excluding hydrogens is 216 g/mol. The number of hydrogen-bond acceptors (Lipinski definition) is 2. The Kier molecular flexibility index (Phi) is 4.51. The average Bonchev–Trinajstić information content (AvgIpc) is 2.31.